The van der Waals surface area contributed by atoms with Crippen molar-refractivity contribution in [2.75, 3.05) is 5.32 Å². The predicted molar refractivity (Wildman–Crippen MR) is 92.3 cm³/mol. The number of carbonyl (C=O) groups excluding carboxylic acids is 1. The zero-order valence-corrected chi connectivity index (χ0v) is 13.9. The molecule has 0 radical (unpaired) electrons. The third kappa shape index (κ3) is 3.52. The monoisotopic (exact) mass is 346 g/mol. The summed E-state index contributed by atoms with van der Waals surface area (Å²) >= 11 is 1.53. The van der Waals surface area contributed by atoms with Crippen molar-refractivity contribution in [1.29, 1.82) is 0 Å². The van der Waals surface area contributed by atoms with E-state index in [9.17, 15) is 13.2 Å². The third-order valence-electron chi connectivity index (χ3n) is 3.27. The van der Waals surface area contributed by atoms with Gasteiger partial charge in [-0.2, -0.15) is 0 Å². The number of nitrogens with one attached hydrogen (secondary N) is 2. The maximum absolute atomic E-state index is 12.3. The lowest BCUT2D eigenvalue weighted by atomic mass is 10.2. The molecule has 0 saturated heterocycles. The molecule has 7 heteroatoms. The van der Waals surface area contributed by atoms with Crippen LogP contribution in [0.4, 0.5) is 10.5 Å². The van der Waals surface area contributed by atoms with Crippen LogP contribution < -0.4 is 10.0 Å². The van der Waals surface area contributed by atoms with Gasteiger partial charge in [0.15, 0.2) is 0 Å². The highest BCUT2D eigenvalue weighted by Gasteiger charge is 2.18. The molecule has 1 aromatic heterocycles. The number of hydrogen-bond donors (Lipinski definition) is 2. The first kappa shape index (κ1) is 15.5. The Kier molecular flexibility index (Phi) is 4.06. The summed E-state index contributed by atoms with van der Waals surface area (Å²) in [4.78, 5) is 12.0. The Morgan fingerprint density at radius 2 is 1.78 bits per heavy atom. The highest BCUT2D eigenvalue weighted by Crippen LogP contribution is 2.23. The van der Waals surface area contributed by atoms with Gasteiger partial charge in [-0.1, -0.05) is 17.7 Å². The Morgan fingerprint density at radius 3 is 2.52 bits per heavy atom. The second-order valence-electron chi connectivity index (χ2n) is 5.05. The second kappa shape index (κ2) is 6.02. The van der Waals surface area contributed by atoms with Crippen molar-refractivity contribution < 1.29 is 13.2 Å². The van der Waals surface area contributed by atoms with E-state index in [4.69, 9.17) is 0 Å². The van der Waals surface area contributed by atoms with E-state index in [1.807, 2.05) is 35.2 Å². The molecule has 118 valence electrons. The summed E-state index contributed by atoms with van der Waals surface area (Å²) < 4.78 is 27.6. The van der Waals surface area contributed by atoms with Gasteiger partial charge in [-0.3, -0.25) is 0 Å². The summed E-state index contributed by atoms with van der Waals surface area (Å²) in [6.07, 6.45) is 0. The number of carbonyl (C=O) groups is 1. The van der Waals surface area contributed by atoms with Crippen LogP contribution in [0.2, 0.25) is 0 Å². The molecule has 0 saturated carbocycles. The van der Waals surface area contributed by atoms with Gasteiger partial charge in [0, 0.05) is 10.4 Å². The highest BCUT2D eigenvalue weighted by atomic mass is 32.2. The average Bonchev–Trinajstić information content (AvgIpc) is 2.96. The number of rotatable bonds is 3. The molecule has 0 atom stereocenters. The number of urea groups is 1. The quantitative estimate of drug-likeness (QED) is 0.759. The SMILES string of the molecule is Cc1ccc(NC(=O)NS(=O)(=O)c2ccc3sccc3c2)cc1. The minimum absolute atomic E-state index is 0.0578. The van der Waals surface area contributed by atoms with Crippen molar-refractivity contribution in [1.82, 2.24) is 4.72 Å². The number of aryl methyl sites for hydroxylation is 1. The molecule has 5 nitrogen and oxygen atoms in total. The van der Waals surface area contributed by atoms with E-state index in [2.05, 4.69) is 5.32 Å². The molecule has 0 unspecified atom stereocenters. The second-order valence-corrected chi connectivity index (χ2v) is 7.68. The lowest BCUT2D eigenvalue weighted by molar-refractivity contribution is 0.256. The fraction of sp³-hybridized carbons (Fsp3) is 0.0625. The molecule has 2 aromatic carbocycles. The van der Waals surface area contributed by atoms with Gasteiger partial charge in [-0.05, 0) is 54.1 Å². The number of anilines is 1. The fourth-order valence-corrected chi connectivity index (χ4v) is 3.80. The summed E-state index contributed by atoms with van der Waals surface area (Å²) in [7, 11) is -3.91. The van der Waals surface area contributed by atoms with Gasteiger partial charge in [-0.25, -0.2) is 17.9 Å². The van der Waals surface area contributed by atoms with Gasteiger partial charge >= 0.3 is 6.03 Å². The number of thiophene rings is 1. The van der Waals surface area contributed by atoms with E-state index < -0.39 is 16.1 Å². The van der Waals surface area contributed by atoms with Crippen LogP contribution in [0.1, 0.15) is 5.56 Å². The van der Waals surface area contributed by atoms with Crippen LogP contribution in [0.25, 0.3) is 10.1 Å². The number of hydrogen-bond acceptors (Lipinski definition) is 4. The van der Waals surface area contributed by atoms with Crippen molar-refractivity contribution in [3.8, 4) is 0 Å². The van der Waals surface area contributed by atoms with Crippen LogP contribution in [0, 0.1) is 6.92 Å². The van der Waals surface area contributed by atoms with Crippen molar-refractivity contribution in [3.05, 3.63) is 59.5 Å². The molecule has 3 rings (SSSR count). The van der Waals surface area contributed by atoms with E-state index in [1.54, 1.807) is 24.3 Å². The molecule has 0 aliphatic heterocycles. The molecule has 0 fully saturated rings. The topological polar surface area (TPSA) is 75.3 Å². The number of fused-ring (bicyclic) bond motifs is 1. The van der Waals surface area contributed by atoms with E-state index in [0.29, 0.717) is 5.69 Å². The minimum atomic E-state index is -3.91. The molecule has 2 amide bonds. The summed E-state index contributed by atoms with van der Waals surface area (Å²) in [6, 6.07) is 12.9. The van der Waals surface area contributed by atoms with Gasteiger partial charge in [-0.15, -0.1) is 11.3 Å². The predicted octanol–water partition coefficient (Wildman–Crippen LogP) is 3.72. The Balaban J connectivity index is 1.77. The summed E-state index contributed by atoms with van der Waals surface area (Å²) in [6.45, 7) is 1.93. The largest absolute Gasteiger partial charge is 0.333 e. The molecular weight excluding hydrogens is 332 g/mol. The van der Waals surface area contributed by atoms with Gasteiger partial charge < -0.3 is 5.32 Å². The Morgan fingerprint density at radius 1 is 1.04 bits per heavy atom. The van der Waals surface area contributed by atoms with Gasteiger partial charge in [0.05, 0.1) is 4.90 Å². The summed E-state index contributed by atoms with van der Waals surface area (Å²) in [5.41, 5.74) is 1.57. The van der Waals surface area contributed by atoms with Crippen molar-refractivity contribution in [3.63, 3.8) is 0 Å². The van der Waals surface area contributed by atoms with Gasteiger partial charge in [0.25, 0.3) is 10.0 Å². The van der Waals surface area contributed by atoms with Crippen LogP contribution in [-0.2, 0) is 10.0 Å². The minimum Gasteiger partial charge on any atom is -0.307 e. The normalized spacial score (nSPS) is 11.3. The maximum atomic E-state index is 12.3. The first-order chi connectivity index (χ1) is 10.9. The summed E-state index contributed by atoms with van der Waals surface area (Å²) in [5.74, 6) is 0. The van der Waals surface area contributed by atoms with Gasteiger partial charge in [0.2, 0.25) is 0 Å². The number of amides is 2. The molecule has 0 aliphatic carbocycles. The average molecular weight is 346 g/mol. The Labute approximate surface area is 138 Å². The fourth-order valence-electron chi connectivity index (χ4n) is 2.09. The molecule has 1 heterocycles. The van der Waals surface area contributed by atoms with E-state index in [0.717, 1.165) is 15.6 Å². The van der Waals surface area contributed by atoms with Crippen LogP contribution in [-0.4, -0.2) is 14.4 Å². The van der Waals surface area contributed by atoms with Crippen LogP contribution >= 0.6 is 11.3 Å². The Hall–Kier alpha value is -2.38. The van der Waals surface area contributed by atoms with Crippen molar-refractivity contribution in [2.45, 2.75) is 11.8 Å². The van der Waals surface area contributed by atoms with Crippen molar-refractivity contribution in [2.24, 2.45) is 0 Å². The lowest BCUT2D eigenvalue weighted by Gasteiger charge is -2.09. The molecule has 0 spiro atoms. The summed E-state index contributed by atoms with van der Waals surface area (Å²) in [5, 5.41) is 5.22. The highest BCUT2D eigenvalue weighted by molar-refractivity contribution is 7.90. The van der Waals surface area contributed by atoms with Crippen LogP contribution in [0.3, 0.4) is 0 Å². The van der Waals surface area contributed by atoms with Crippen LogP contribution in [0.5, 0.6) is 0 Å². The molecule has 2 N–H and O–H groups in total. The number of sulfonamides is 1. The standard InChI is InChI=1S/C16H14N2O3S2/c1-11-2-4-13(5-3-11)17-16(19)18-23(20,21)14-6-7-15-12(10-14)8-9-22-15/h2-10H,1H3,(H2,17,18,19). The van der Waals surface area contributed by atoms with E-state index in [-0.39, 0.29) is 4.90 Å². The van der Waals surface area contributed by atoms with Gasteiger partial charge in [0.1, 0.15) is 0 Å². The van der Waals surface area contributed by atoms with Crippen LogP contribution in [0.15, 0.2) is 58.8 Å². The first-order valence-electron chi connectivity index (χ1n) is 6.82. The smallest absolute Gasteiger partial charge is 0.307 e. The third-order valence-corrected chi connectivity index (χ3v) is 5.50. The maximum Gasteiger partial charge on any atom is 0.333 e. The molecular formula is C16H14N2O3S2. The molecule has 0 bridgehead atoms. The Bertz CT molecular complexity index is 960. The molecule has 0 aliphatic rings. The zero-order valence-electron chi connectivity index (χ0n) is 12.2. The lowest BCUT2D eigenvalue weighted by Crippen LogP contribution is -2.34. The van der Waals surface area contributed by atoms with Crippen molar-refractivity contribution >= 4 is 43.2 Å². The van der Waals surface area contributed by atoms with E-state index >= 15 is 0 Å². The molecule has 3 aromatic rings. The number of benzene rings is 2. The van der Waals surface area contributed by atoms with E-state index in [1.165, 1.54) is 17.4 Å². The zero-order chi connectivity index (χ0) is 16.4. The first-order valence-corrected chi connectivity index (χ1v) is 9.18. The molecule has 23 heavy (non-hydrogen) atoms.